The molecule has 0 saturated heterocycles. The van der Waals surface area contributed by atoms with Gasteiger partial charge in [0.15, 0.2) is 0 Å². The molecule has 2 aromatic rings. The number of carbonyl (C=O) groups excluding carboxylic acids is 2. The maximum absolute atomic E-state index is 12.7. The minimum Gasteiger partial charge on any atom is -0.383 e. The molecule has 0 unspecified atom stereocenters. The summed E-state index contributed by atoms with van der Waals surface area (Å²) >= 11 is 6.09. The largest absolute Gasteiger partial charge is 0.383 e. The van der Waals surface area contributed by atoms with E-state index in [1.807, 2.05) is 0 Å². The predicted octanol–water partition coefficient (Wildman–Crippen LogP) is 0.680. The van der Waals surface area contributed by atoms with Gasteiger partial charge in [-0.15, -0.1) is 5.10 Å². The molecule has 2 N–H and O–H groups in total. The summed E-state index contributed by atoms with van der Waals surface area (Å²) in [5, 5.41) is 29.6. The van der Waals surface area contributed by atoms with Crippen molar-refractivity contribution in [2.45, 2.75) is 44.4 Å². The number of tetrazole rings is 1. The van der Waals surface area contributed by atoms with Crippen LogP contribution in [0.5, 0.6) is 0 Å². The van der Waals surface area contributed by atoms with E-state index in [4.69, 9.17) is 11.6 Å². The average molecular weight is 418 g/mol. The lowest BCUT2D eigenvalue weighted by molar-refractivity contribution is -0.146. The topological polar surface area (TPSA) is 126 Å². The Hall–Kier alpha value is -2.85. The Morgan fingerprint density at radius 2 is 2.17 bits per heavy atom. The molecule has 0 bridgehead atoms. The molecule has 1 saturated carbocycles. The fourth-order valence-corrected chi connectivity index (χ4v) is 3.45. The minimum atomic E-state index is -1.13. The van der Waals surface area contributed by atoms with E-state index in [1.54, 1.807) is 18.2 Å². The van der Waals surface area contributed by atoms with Gasteiger partial charge in [0, 0.05) is 24.2 Å². The fraction of sp³-hybridized carbons (Fsp3) is 0.444. The summed E-state index contributed by atoms with van der Waals surface area (Å²) in [7, 11) is 0. The third kappa shape index (κ3) is 4.43. The summed E-state index contributed by atoms with van der Waals surface area (Å²) in [5.41, 5.74) is 1.39. The van der Waals surface area contributed by atoms with Gasteiger partial charge in [-0.3, -0.25) is 9.59 Å². The number of aliphatic hydroxyl groups is 1. The number of halogens is 1. The summed E-state index contributed by atoms with van der Waals surface area (Å²) in [6.07, 6.45) is 4.59. The van der Waals surface area contributed by atoms with Crippen LogP contribution in [0.2, 0.25) is 5.02 Å². The van der Waals surface area contributed by atoms with Gasteiger partial charge in [-0.25, -0.2) is 9.69 Å². The molecule has 10 nitrogen and oxygen atoms in total. The number of benzene rings is 1. The summed E-state index contributed by atoms with van der Waals surface area (Å²) < 4.78 is 1.47. The Balaban J connectivity index is 1.42. The van der Waals surface area contributed by atoms with Gasteiger partial charge in [0.2, 0.25) is 5.91 Å². The highest BCUT2D eigenvalue weighted by Gasteiger charge is 2.37. The Labute approximate surface area is 171 Å². The monoisotopic (exact) mass is 417 g/mol. The standard InChI is InChI=1S/C18H20ClN7O3/c19-13-3-4-14(25-10-21-23-24-25)12(8-13)9-20-17(28)15-5-6-22-26(15)18(29)16(27)7-11-1-2-11/h3-4,6,8,10-11,15-16,27H,1-2,5,7,9H2,(H,20,28)/t15-,16+/m0/s1. The third-order valence-corrected chi connectivity index (χ3v) is 5.22. The van der Waals surface area contributed by atoms with Crippen LogP contribution >= 0.6 is 11.6 Å². The number of amides is 2. The molecule has 1 aliphatic heterocycles. The van der Waals surface area contributed by atoms with E-state index in [9.17, 15) is 14.7 Å². The van der Waals surface area contributed by atoms with E-state index in [0.717, 1.165) is 17.9 Å². The van der Waals surface area contributed by atoms with Crippen LogP contribution in [0.3, 0.4) is 0 Å². The Kier molecular flexibility index (Phi) is 5.54. The zero-order chi connectivity index (χ0) is 20.4. The Morgan fingerprint density at radius 3 is 2.90 bits per heavy atom. The highest BCUT2D eigenvalue weighted by Crippen LogP contribution is 2.34. The Morgan fingerprint density at radius 1 is 1.34 bits per heavy atom. The lowest BCUT2D eigenvalue weighted by Crippen LogP contribution is -2.47. The van der Waals surface area contributed by atoms with Crippen molar-refractivity contribution in [1.29, 1.82) is 0 Å². The highest BCUT2D eigenvalue weighted by atomic mass is 35.5. The molecule has 1 fully saturated rings. The first-order chi connectivity index (χ1) is 14.0. The predicted molar refractivity (Wildman–Crippen MR) is 103 cm³/mol. The van der Waals surface area contributed by atoms with Crippen molar-refractivity contribution >= 4 is 29.6 Å². The van der Waals surface area contributed by atoms with Crippen molar-refractivity contribution < 1.29 is 14.7 Å². The molecule has 152 valence electrons. The second-order valence-electron chi connectivity index (χ2n) is 7.17. The number of nitrogens with zero attached hydrogens (tertiary/aromatic N) is 6. The number of hydrogen-bond donors (Lipinski definition) is 2. The number of nitrogens with one attached hydrogen (secondary N) is 1. The summed E-state index contributed by atoms with van der Waals surface area (Å²) in [6, 6.07) is 4.39. The molecular weight excluding hydrogens is 398 g/mol. The van der Waals surface area contributed by atoms with E-state index in [2.05, 4.69) is 25.9 Å². The van der Waals surface area contributed by atoms with Gasteiger partial charge in [0.05, 0.1) is 5.69 Å². The van der Waals surface area contributed by atoms with Crippen LogP contribution in [0.1, 0.15) is 31.2 Å². The highest BCUT2D eigenvalue weighted by molar-refractivity contribution is 6.30. The minimum absolute atomic E-state index is 0.164. The summed E-state index contributed by atoms with van der Waals surface area (Å²) in [6.45, 7) is 0.164. The van der Waals surface area contributed by atoms with E-state index in [0.29, 0.717) is 35.0 Å². The van der Waals surface area contributed by atoms with E-state index in [1.165, 1.54) is 17.2 Å². The van der Waals surface area contributed by atoms with Crippen molar-refractivity contribution in [1.82, 2.24) is 30.5 Å². The molecular formula is C18H20ClN7O3. The van der Waals surface area contributed by atoms with Gasteiger partial charge >= 0.3 is 0 Å². The first-order valence-electron chi connectivity index (χ1n) is 9.36. The average Bonchev–Trinajstić information content (AvgIpc) is 3.18. The van der Waals surface area contributed by atoms with Crippen LogP contribution in [0, 0.1) is 5.92 Å². The van der Waals surface area contributed by atoms with Crippen molar-refractivity contribution in [3.05, 3.63) is 35.1 Å². The van der Waals surface area contributed by atoms with Crippen molar-refractivity contribution in [3.8, 4) is 5.69 Å². The molecule has 4 rings (SSSR count). The molecule has 1 aromatic heterocycles. The molecule has 11 heteroatoms. The number of hydrazone groups is 1. The van der Waals surface area contributed by atoms with Gasteiger partial charge in [0.1, 0.15) is 18.5 Å². The number of carbonyl (C=O) groups is 2. The number of aliphatic hydroxyl groups excluding tert-OH is 1. The smallest absolute Gasteiger partial charge is 0.272 e. The molecule has 2 amide bonds. The van der Waals surface area contributed by atoms with E-state index in [-0.39, 0.29) is 12.5 Å². The number of aromatic nitrogens is 4. The van der Waals surface area contributed by atoms with Crippen LogP contribution in [0.15, 0.2) is 29.6 Å². The molecule has 0 spiro atoms. The van der Waals surface area contributed by atoms with Crippen molar-refractivity contribution in [3.63, 3.8) is 0 Å². The Bertz CT molecular complexity index is 930. The maximum Gasteiger partial charge on any atom is 0.272 e. The lowest BCUT2D eigenvalue weighted by Gasteiger charge is -2.23. The summed E-state index contributed by atoms with van der Waals surface area (Å²) in [5.74, 6) is -0.514. The molecule has 2 aliphatic rings. The lowest BCUT2D eigenvalue weighted by atomic mass is 10.1. The van der Waals surface area contributed by atoms with Crippen LogP contribution in [-0.4, -0.2) is 60.5 Å². The maximum atomic E-state index is 12.7. The second-order valence-corrected chi connectivity index (χ2v) is 7.61. The molecule has 1 aromatic carbocycles. The van der Waals surface area contributed by atoms with E-state index < -0.39 is 18.1 Å². The van der Waals surface area contributed by atoms with Gasteiger partial charge in [-0.2, -0.15) is 5.10 Å². The molecule has 2 heterocycles. The van der Waals surface area contributed by atoms with Crippen molar-refractivity contribution in [2.75, 3.05) is 0 Å². The first kappa shape index (κ1) is 19.5. The van der Waals surface area contributed by atoms with Gasteiger partial charge in [-0.1, -0.05) is 24.4 Å². The van der Waals surface area contributed by atoms with Crippen LogP contribution in [0.25, 0.3) is 5.69 Å². The van der Waals surface area contributed by atoms with Crippen LogP contribution in [-0.2, 0) is 16.1 Å². The molecule has 2 atom stereocenters. The molecule has 29 heavy (non-hydrogen) atoms. The van der Waals surface area contributed by atoms with Gasteiger partial charge < -0.3 is 10.4 Å². The zero-order valence-corrected chi connectivity index (χ0v) is 16.2. The van der Waals surface area contributed by atoms with Gasteiger partial charge in [-0.05, 0) is 46.5 Å². The second kappa shape index (κ2) is 8.26. The summed E-state index contributed by atoms with van der Waals surface area (Å²) in [4.78, 5) is 25.2. The quantitative estimate of drug-likeness (QED) is 0.682. The molecule has 0 radical (unpaired) electrons. The number of rotatable bonds is 7. The fourth-order valence-electron chi connectivity index (χ4n) is 3.26. The zero-order valence-electron chi connectivity index (χ0n) is 15.5. The normalized spacial score (nSPS) is 19.4. The third-order valence-electron chi connectivity index (χ3n) is 4.99. The first-order valence-corrected chi connectivity index (χ1v) is 9.74. The SMILES string of the molecule is O=C(NCc1cc(Cl)ccc1-n1cnnn1)[C@@H]1CC=NN1C(=O)[C@H](O)CC1CC1. The molecule has 1 aliphatic carbocycles. The van der Waals surface area contributed by atoms with Crippen LogP contribution < -0.4 is 5.32 Å². The number of hydrogen-bond acceptors (Lipinski definition) is 7. The van der Waals surface area contributed by atoms with Crippen molar-refractivity contribution in [2.24, 2.45) is 11.0 Å². The van der Waals surface area contributed by atoms with Gasteiger partial charge in [0.25, 0.3) is 5.91 Å². The van der Waals surface area contributed by atoms with E-state index >= 15 is 0 Å². The van der Waals surface area contributed by atoms with Crippen LogP contribution in [0.4, 0.5) is 0 Å².